The first-order valence-electron chi connectivity index (χ1n) is 7.83. The highest BCUT2D eigenvalue weighted by Gasteiger charge is 2.19. The lowest BCUT2D eigenvalue weighted by Gasteiger charge is -2.26. The van der Waals surface area contributed by atoms with Gasteiger partial charge >= 0.3 is 0 Å². The number of hydrogen-bond donors (Lipinski definition) is 2. The molecule has 0 saturated heterocycles. The fourth-order valence-corrected chi connectivity index (χ4v) is 3.05. The Morgan fingerprint density at radius 3 is 2.58 bits per heavy atom. The molecule has 2 unspecified atom stereocenters. The topological polar surface area (TPSA) is 66.6 Å². The van der Waals surface area contributed by atoms with E-state index in [1.807, 2.05) is 54.1 Å². The highest BCUT2D eigenvalue weighted by Crippen LogP contribution is 2.19. The van der Waals surface area contributed by atoms with Crippen LogP contribution in [0.15, 0.2) is 47.2 Å². The molecule has 2 aromatic rings. The molecule has 0 aliphatic carbocycles. The molecule has 0 radical (unpaired) electrons. The Bertz CT molecular complexity index is 590. The second-order valence-electron chi connectivity index (χ2n) is 5.85. The maximum absolute atomic E-state index is 12.5. The van der Waals surface area contributed by atoms with Gasteiger partial charge in [-0.1, -0.05) is 30.3 Å². The molecule has 0 fully saturated rings. The van der Waals surface area contributed by atoms with Gasteiger partial charge in [0.2, 0.25) is 5.91 Å². The van der Waals surface area contributed by atoms with Gasteiger partial charge < -0.3 is 15.7 Å². The van der Waals surface area contributed by atoms with Gasteiger partial charge in [-0.15, -0.1) is 12.4 Å². The van der Waals surface area contributed by atoms with Crippen LogP contribution in [-0.2, 0) is 11.3 Å². The van der Waals surface area contributed by atoms with Crippen LogP contribution in [0.4, 0.5) is 0 Å². The first kappa shape index (κ1) is 20.6. The molecule has 0 saturated carbocycles. The van der Waals surface area contributed by atoms with Crippen molar-refractivity contribution in [1.82, 2.24) is 4.90 Å². The van der Waals surface area contributed by atoms with Gasteiger partial charge in [-0.05, 0) is 41.3 Å². The van der Waals surface area contributed by atoms with Crippen LogP contribution in [0, 0.1) is 0 Å². The lowest BCUT2D eigenvalue weighted by Crippen LogP contribution is -2.35. The third kappa shape index (κ3) is 6.61. The summed E-state index contributed by atoms with van der Waals surface area (Å²) < 4.78 is 0. The Labute approximate surface area is 153 Å². The second-order valence-corrected chi connectivity index (χ2v) is 6.63. The van der Waals surface area contributed by atoms with E-state index >= 15 is 0 Å². The number of benzene rings is 1. The number of amides is 1. The standard InChI is InChI=1S/C18H24N2O2S.ClH/c1-14(19)7-8-18(22)20(11-15-5-3-2-4-6-15)12-17(21)16-9-10-23-13-16;/h2-6,9-10,13-14,17,21H,7-8,11-12,19H2,1H3;1H. The van der Waals surface area contributed by atoms with E-state index < -0.39 is 6.10 Å². The summed E-state index contributed by atoms with van der Waals surface area (Å²) in [4.78, 5) is 14.2. The van der Waals surface area contributed by atoms with Crippen LogP contribution in [0.1, 0.15) is 37.0 Å². The molecule has 6 heteroatoms. The highest BCUT2D eigenvalue weighted by molar-refractivity contribution is 7.07. The molecule has 24 heavy (non-hydrogen) atoms. The largest absolute Gasteiger partial charge is 0.387 e. The van der Waals surface area contributed by atoms with Crippen LogP contribution in [0.2, 0.25) is 0 Å². The first-order valence-corrected chi connectivity index (χ1v) is 8.78. The van der Waals surface area contributed by atoms with Gasteiger partial charge in [0.1, 0.15) is 0 Å². The normalized spacial score (nSPS) is 13.0. The van der Waals surface area contributed by atoms with Crippen molar-refractivity contribution in [2.75, 3.05) is 6.54 Å². The number of carbonyl (C=O) groups excluding carboxylic acids is 1. The number of thiophene rings is 1. The van der Waals surface area contributed by atoms with Crippen LogP contribution in [0.25, 0.3) is 0 Å². The number of aliphatic hydroxyl groups is 1. The van der Waals surface area contributed by atoms with E-state index in [-0.39, 0.29) is 24.4 Å². The molecule has 3 N–H and O–H groups in total. The van der Waals surface area contributed by atoms with Gasteiger partial charge in [0.25, 0.3) is 0 Å². The van der Waals surface area contributed by atoms with Gasteiger partial charge in [0.05, 0.1) is 12.6 Å². The SMILES string of the molecule is CC(N)CCC(=O)N(Cc1ccccc1)CC(O)c1ccsc1.Cl. The number of aliphatic hydroxyl groups excluding tert-OH is 1. The smallest absolute Gasteiger partial charge is 0.223 e. The first-order chi connectivity index (χ1) is 11.1. The monoisotopic (exact) mass is 368 g/mol. The Morgan fingerprint density at radius 2 is 2.00 bits per heavy atom. The Kier molecular flexibility index (Phi) is 9.00. The van der Waals surface area contributed by atoms with E-state index in [2.05, 4.69) is 0 Å². The van der Waals surface area contributed by atoms with E-state index in [0.717, 1.165) is 11.1 Å². The van der Waals surface area contributed by atoms with Crippen LogP contribution in [0.5, 0.6) is 0 Å². The van der Waals surface area contributed by atoms with E-state index in [1.54, 1.807) is 16.2 Å². The number of nitrogens with zero attached hydrogens (tertiary/aromatic N) is 1. The van der Waals surface area contributed by atoms with Crippen LogP contribution in [0.3, 0.4) is 0 Å². The molecule has 132 valence electrons. The molecule has 1 aromatic heterocycles. The molecule has 2 rings (SSSR count). The molecular weight excluding hydrogens is 344 g/mol. The minimum atomic E-state index is -0.663. The van der Waals surface area contributed by atoms with Crippen molar-refractivity contribution < 1.29 is 9.90 Å². The zero-order valence-electron chi connectivity index (χ0n) is 13.8. The van der Waals surface area contributed by atoms with E-state index in [4.69, 9.17) is 5.73 Å². The molecule has 0 aliphatic heterocycles. The minimum absolute atomic E-state index is 0. The van der Waals surface area contributed by atoms with Crippen LogP contribution < -0.4 is 5.73 Å². The van der Waals surface area contributed by atoms with Crippen molar-refractivity contribution in [3.05, 3.63) is 58.3 Å². The number of halogens is 1. The molecule has 1 amide bonds. The molecule has 0 bridgehead atoms. The number of nitrogens with two attached hydrogens (primary N) is 1. The number of hydrogen-bond acceptors (Lipinski definition) is 4. The van der Waals surface area contributed by atoms with E-state index in [0.29, 0.717) is 25.9 Å². The lowest BCUT2D eigenvalue weighted by atomic mass is 10.1. The quantitative estimate of drug-likeness (QED) is 0.750. The average Bonchev–Trinajstić information content (AvgIpc) is 3.07. The van der Waals surface area contributed by atoms with E-state index in [1.165, 1.54) is 0 Å². The Hall–Kier alpha value is -1.40. The van der Waals surface area contributed by atoms with Gasteiger partial charge in [-0.3, -0.25) is 4.79 Å². The molecule has 4 nitrogen and oxygen atoms in total. The summed E-state index contributed by atoms with van der Waals surface area (Å²) >= 11 is 1.54. The maximum atomic E-state index is 12.5. The lowest BCUT2D eigenvalue weighted by molar-refractivity contribution is -0.133. The van der Waals surface area contributed by atoms with Crippen molar-refractivity contribution in [2.45, 2.75) is 38.5 Å². The van der Waals surface area contributed by atoms with Crippen LogP contribution in [-0.4, -0.2) is 28.5 Å². The van der Waals surface area contributed by atoms with E-state index in [9.17, 15) is 9.90 Å². The van der Waals surface area contributed by atoms with Crippen molar-refractivity contribution in [3.8, 4) is 0 Å². The number of carbonyl (C=O) groups is 1. The third-order valence-corrected chi connectivity index (χ3v) is 4.41. The molecule has 1 heterocycles. The Morgan fingerprint density at radius 1 is 1.29 bits per heavy atom. The molecule has 0 spiro atoms. The average molecular weight is 369 g/mol. The van der Waals surface area contributed by atoms with Crippen molar-refractivity contribution >= 4 is 29.7 Å². The second kappa shape index (κ2) is 10.5. The fraction of sp³-hybridized carbons (Fsp3) is 0.389. The predicted molar refractivity (Wildman–Crippen MR) is 101 cm³/mol. The van der Waals surface area contributed by atoms with Gasteiger partial charge in [-0.25, -0.2) is 0 Å². The third-order valence-electron chi connectivity index (χ3n) is 3.70. The molecule has 2 atom stereocenters. The summed E-state index contributed by atoms with van der Waals surface area (Å²) in [6.45, 7) is 2.69. The summed E-state index contributed by atoms with van der Waals surface area (Å²) in [6, 6.07) is 11.7. The molecule has 0 aliphatic rings. The fourth-order valence-electron chi connectivity index (χ4n) is 2.35. The van der Waals surface area contributed by atoms with Crippen molar-refractivity contribution in [3.63, 3.8) is 0 Å². The zero-order chi connectivity index (χ0) is 16.7. The van der Waals surface area contributed by atoms with Crippen molar-refractivity contribution in [2.24, 2.45) is 5.73 Å². The van der Waals surface area contributed by atoms with Gasteiger partial charge in [-0.2, -0.15) is 11.3 Å². The molecular formula is C18H25ClN2O2S. The number of rotatable bonds is 8. The zero-order valence-corrected chi connectivity index (χ0v) is 15.4. The predicted octanol–water partition coefficient (Wildman–Crippen LogP) is 3.36. The minimum Gasteiger partial charge on any atom is -0.387 e. The maximum Gasteiger partial charge on any atom is 0.223 e. The summed E-state index contributed by atoms with van der Waals surface area (Å²) in [6.07, 6.45) is 0.392. The highest BCUT2D eigenvalue weighted by atomic mass is 35.5. The molecule has 1 aromatic carbocycles. The van der Waals surface area contributed by atoms with Gasteiger partial charge in [0.15, 0.2) is 0 Å². The Balaban J connectivity index is 0.00000288. The summed E-state index contributed by atoms with van der Waals surface area (Å²) in [5.41, 5.74) is 7.66. The van der Waals surface area contributed by atoms with Crippen LogP contribution >= 0.6 is 23.7 Å². The summed E-state index contributed by atoms with van der Waals surface area (Å²) in [7, 11) is 0. The summed E-state index contributed by atoms with van der Waals surface area (Å²) in [5.74, 6) is 0.0282. The van der Waals surface area contributed by atoms with Gasteiger partial charge in [0, 0.05) is 19.0 Å². The van der Waals surface area contributed by atoms with Crippen molar-refractivity contribution in [1.29, 1.82) is 0 Å². The summed E-state index contributed by atoms with van der Waals surface area (Å²) in [5, 5.41) is 14.2.